The van der Waals surface area contributed by atoms with E-state index in [2.05, 4.69) is 12.2 Å². The molecule has 1 heterocycles. The molecule has 29 heavy (non-hydrogen) atoms. The van der Waals surface area contributed by atoms with Gasteiger partial charge in [0.05, 0.1) is 18.8 Å². The molecule has 1 atom stereocenters. The molecule has 0 aromatic heterocycles. The van der Waals surface area contributed by atoms with Crippen LogP contribution >= 0.6 is 0 Å². The van der Waals surface area contributed by atoms with E-state index in [1.165, 1.54) is 26.2 Å². The number of carbonyl (C=O) groups excluding carboxylic acids is 2. The summed E-state index contributed by atoms with van der Waals surface area (Å²) in [7, 11) is 0. The lowest BCUT2D eigenvalue weighted by Gasteiger charge is -2.20. The first-order valence-electron chi connectivity index (χ1n) is 10.4. The van der Waals surface area contributed by atoms with Crippen molar-refractivity contribution in [2.24, 2.45) is 0 Å². The molecule has 2 amide bonds. The number of carbonyl (C=O) groups is 2. The van der Waals surface area contributed by atoms with Crippen LogP contribution < -0.4 is 15.0 Å². The quantitative estimate of drug-likeness (QED) is 0.628. The fraction of sp³-hybridized carbons (Fsp3) is 0.417. The molecule has 0 fully saturated rings. The number of para-hydroxylation sites is 1. The van der Waals surface area contributed by atoms with Crippen molar-refractivity contribution in [3.8, 4) is 5.75 Å². The molecule has 1 aliphatic rings. The van der Waals surface area contributed by atoms with Crippen molar-refractivity contribution in [3.05, 3.63) is 59.2 Å². The second-order valence-corrected chi connectivity index (χ2v) is 7.62. The van der Waals surface area contributed by atoms with Gasteiger partial charge < -0.3 is 15.0 Å². The number of fused-ring (bicyclic) bond motifs is 1. The molecule has 0 radical (unpaired) electrons. The minimum atomic E-state index is -0.617. The van der Waals surface area contributed by atoms with E-state index in [9.17, 15) is 9.59 Å². The largest absolute Gasteiger partial charge is 0.494 e. The molecule has 0 bridgehead atoms. The van der Waals surface area contributed by atoms with Crippen LogP contribution in [0.4, 0.5) is 5.69 Å². The monoisotopic (exact) mass is 394 g/mol. The van der Waals surface area contributed by atoms with E-state index in [1.807, 2.05) is 49.4 Å². The number of rotatable bonds is 9. The van der Waals surface area contributed by atoms with Crippen LogP contribution in [0, 0.1) is 6.92 Å². The van der Waals surface area contributed by atoms with Crippen molar-refractivity contribution in [1.82, 2.24) is 5.32 Å². The molecule has 2 aromatic carbocycles. The third-order valence-electron chi connectivity index (χ3n) is 5.24. The summed E-state index contributed by atoms with van der Waals surface area (Å²) in [5.74, 6) is 0.546. The lowest BCUT2D eigenvalue weighted by atomic mass is 10.1. The SMILES string of the molecule is CCCCCCOc1ccc(CN2C(=O)[C@H](NC(C)=O)c3cccc(C)c32)cc1. The van der Waals surface area contributed by atoms with Gasteiger partial charge in [0, 0.05) is 12.5 Å². The van der Waals surface area contributed by atoms with Gasteiger partial charge in [0.2, 0.25) is 5.91 Å². The Balaban J connectivity index is 1.70. The maximum atomic E-state index is 13.0. The minimum absolute atomic E-state index is 0.0965. The second kappa shape index (κ2) is 9.59. The van der Waals surface area contributed by atoms with E-state index >= 15 is 0 Å². The van der Waals surface area contributed by atoms with E-state index in [0.717, 1.165) is 41.2 Å². The van der Waals surface area contributed by atoms with Gasteiger partial charge in [-0.1, -0.05) is 56.5 Å². The predicted octanol–water partition coefficient (Wildman–Crippen LogP) is 4.68. The van der Waals surface area contributed by atoms with E-state index in [0.29, 0.717) is 6.54 Å². The van der Waals surface area contributed by atoms with Crippen molar-refractivity contribution < 1.29 is 14.3 Å². The number of benzene rings is 2. The van der Waals surface area contributed by atoms with Crippen molar-refractivity contribution in [3.63, 3.8) is 0 Å². The highest BCUT2D eigenvalue weighted by Gasteiger charge is 2.38. The van der Waals surface area contributed by atoms with Gasteiger partial charge in [-0.25, -0.2) is 0 Å². The molecule has 3 rings (SSSR count). The number of anilines is 1. The van der Waals surface area contributed by atoms with E-state index in [4.69, 9.17) is 4.74 Å². The number of amides is 2. The van der Waals surface area contributed by atoms with Gasteiger partial charge in [0.25, 0.3) is 5.91 Å². The fourth-order valence-electron chi connectivity index (χ4n) is 3.77. The molecule has 1 aliphatic heterocycles. The number of nitrogens with one attached hydrogen (secondary N) is 1. The summed E-state index contributed by atoms with van der Waals surface area (Å²) in [5, 5.41) is 2.79. The molecule has 1 N–H and O–H groups in total. The number of nitrogens with zero attached hydrogens (tertiary/aromatic N) is 1. The molecule has 0 spiro atoms. The maximum Gasteiger partial charge on any atom is 0.254 e. The van der Waals surface area contributed by atoms with Gasteiger partial charge >= 0.3 is 0 Å². The lowest BCUT2D eigenvalue weighted by molar-refractivity contribution is -0.126. The summed E-state index contributed by atoms with van der Waals surface area (Å²) < 4.78 is 5.81. The van der Waals surface area contributed by atoms with Gasteiger partial charge in [0.15, 0.2) is 0 Å². The van der Waals surface area contributed by atoms with Crippen LogP contribution in [0.25, 0.3) is 0 Å². The maximum absolute atomic E-state index is 13.0. The molecule has 2 aromatic rings. The summed E-state index contributed by atoms with van der Waals surface area (Å²) >= 11 is 0. The standard InChI is InChI=1S/C24H30N2O3/c1-4-5-6-7-15-29-20-13-11-19(12-14-20)16-26-23-17(2)9-8-10-21(23)22(24(26)28)25-18(3)27/h8-14,22H,4-7,15-16H2,1-3H3,(H,25,27)/t22-/m1/s1. The Morgan fingerprint density at radius 3 is 2.55 bits per heavy atom. The molecular formula is C24H30N2O3. The van der Waals surface area contributed by atoms with Crippen molar-refractivity contribution in [2.45, 2.75) is 59.0 Å². The van der Waals surface area contributed by atoms with Crippen molar-refractivity contribution >= 4 is 17.5 Å². The van der Waals surface area contributed by atoms with Crippen LogP contribution in [0.1, 0.15) is 62.3 Å². The van der Waals surface area contributed by atoms with Gasteiger partial charge in [-0.05, 0) is 36.6 Å². The Bertz CT molecular complexity index is 861. The molecular weight excluding hydrogens is 364 g/mol. The third kappa shape index (κ3) is 4.97. The molecule has 154 valence electrons. The van der Waals surface area contributed by atoms with Gasteiger partial charge in [-0.3, -0.25) is 9.59 Å². The Labute approximate surface area is 173 Å². The zero-order valence-electron chi connectivity index (χ0n) is 17.5. The van der Waals surface area contributed by atoms with Crippen LogP contribution in [0.3, 0.4) is 0 Å². The third-order valence-corrected chi connectivity index (χ3v) is 5.24. The summed E-state index contributed by atoms with van der Waals surface area (Å²) in [4.78, 5) is 26.4. The highest BCUT2D eigenvalue weighted by Crippen LogP contribution is 2.39. The van der Waals surface area contributed by atoms with E-state index < -0.39 is 6.04 Å². The van der Waals surface area contributed by atoms with Gasteiger partial charge in [0.1, 0.15) is 11.8 Å². The van der Waals surface area contributed by atoms with Crippen LogP contribution in [-0.4, -0.2) is 18.4 Å². The average Bonchev–Trinajstić information content (AvgIpc) is 2.95. The smallest absolute Gasteiger partial charge is 0.254 e. The lowest BCUT2D eigenvalue weighted by Crippen LogP contribution is -2.36. The normalized spacial score (nSPS) is 15.3. The Kier molecular flexibility index (Phi) is 6.91. The van der Waals surface area contributed by atoms with Crippen LogP contribution in [0.2, 0.25) is 0 Å². The Morgan fingerprint density at radius 1 is 1.10 bits per heavy atom. The molecule has 0 saturated carbocycles. The van der Waals surface area contributed by atoms with Crippen molar-refractivity contribution in [2.75, 3.05) is 11.5 Å². The Morgan fingerprint density at radius 2 is 1.86 bits per heavy atom. The molecule has 5 nitrogen and oxygen atoms in total. The number of aryl methyl sites for hydroxylation is 1. The molecule has 0 aliphatic carbocycles. The minimum Gasteiger partial charge on any atom is -0.494 e. The second-order valence-electron chi connectivity index (χ2n) is 7.62. The highest BCUT2D eigenvalue weighted by atomic mass is 16.5. The summed E-state index contributed by atoms with van der Waals surface area (Å²) in [6.45, 7) is 6.82. The van der Waals surface area contributed by atoms with Crippen LogP contribution in [0.5, 0.6) is 5.75 Å². The summed E-state index contributed by atoms with van der Waals surface area (Å²) in [6, 6.07) is 13.1. The predicted molar refractivity (Wildman–Crippen MR) is 115 cm³/mol. The Hall–Kier alpha value is -2.82. The van der Waals surface area contributed by atoms with Crippen LogP contribution in [-0.2, 0) is 16.1 Å². The van der Waals surface area contributed by atoms with Gasteiger partial charge in [-0.15, -0.1) is 0 Å². The molecule has 5 heteroatoms. The number of ether oxygens (including phenoxy) is 1. The van der Waals surface area contributed by atoms with Crippen LogP contribution in [0.15, 0.2) is 42.5 Å². The zero-order valence-corrected chi connectivity index (χ0v) is 17.5. The first-order chi connectivity index (χ1) is 14.0. The summed E-state index contributed by atoms with van der Waals surface area (Å²) in [6.07, 6.45) is 4.72. The first kappa shape index (κ1) is 20.9. The molecule has 0 saturated heterocycles. The highest BCUT2D eigenvalue weighted by molar-refractivity contribution is 6.06. The number of unbranched alkanes of at least 4 members (excludes halogenated alkanes) is 3. The van der Waals surface area contributed by atoms with Gasteiger partial charge in [-0.2, -0.15) is 0 Å². The fourth-order valence-corrected chi connectivity index (χ4v) is 3.77. The topological polar surface area (TPSA) is 58.6 Å². The van der Waals surface area contributed by atoms with E-state index in [1.54, 1.807) is 4.90 Å². The van der Waals surface area contributed by atoms with E-state index in [-0.39, 0.29) is 11.8 Å². The average molecular weight is 395 g/mol. The number of hydrogen-bond acceptors (Lipinski definition) is 3. The molecule has 0 unspecified atom stereocenters. The number of hydrogen-bond donors (Lipinski definition) is 1. The first-order valence-corrected chi connectivity index (χ1v) is 10.4. The summed E-state index contributed by atoms with van der Waals surface area (Å²) in [5.41, 5.74) is 3.80. The zero-order chi connectivity index (χ0) is 20.8. The van der Waals surface area contributed by atoms with Crippen molar-refractivity contribution in [1.29, 1.82) is 0 Å².